The highest BCUT2D eigenvalue weighted by Crippen LogP contribution is 2.52. The van der Waals surface area contributed by atoms with Crippen molar-refractivity contribution in [2.45, 2.75) is 32.7 Å². The third-order valence-corrected chi connectivity index (χ3v) is 7.78. The summed E-state index contributed by atoms with van der Waals surface area (Å²) in [4.78, 5) is 36.9. The summed E-state index contributed by atoms with van der Waals surface area (Å²) >= 11 is 0. The average Bonchev–Trinajstić information content (AvgIpc) is 2.96. The predicted molar refractivity (Wildman–Crippen MR) is 156 cm³/mol. The number of carbonyl (C=O) groups excluding carboxylic acids is 2. The summed E-state index contributed by atoms with van der Waals surface area (Å²) in [6.07, 6.45) is 1.22. The minimum atomic E-state index is -0.669. The lowest BCUT2D eigenvalue weighted by Crippen LogP contribution is -2.33. The lowest BCUT2D eigenvalue weighted by atomic mass is 9.68. The van der Waals surface area contributed by atoms with E-state index in [1.54, 1.807) is 12.1 Å². The minimum Gasteiger partial charge on any atom is -0.493 e. The van der Waals surface area contributed by atoms with Crippen LogP contribution in [0.3, 0.4) is 0 Å². The van der Waals surface area contributed by atoms with Gasteiger partial charge in [-0.05, 0) is 64.1 Å². The number of esters is 1. The van der Waals surface area contributed by atoms with Crippen molar-refractivity contribution >= 4 is 39.5 Å². The Bertz CT molecular complexity index is 1770. The Hall–Kier alpha value is -4.98. The van der Waals surface area contributed by atoms with Crippen molar-refractivity contribution in [3.63, 3.8) is 0 Å². The van der Waals surface area contributed by atoms with Crippen LogP contribution in [0, 0.1) is 15.5 Å². The summed E-state index contributed by atoms with van der Waals surface area (Å²) in [6, 6.07) is 22.4. The van der Waals surface area contributed by atoms with Crippen LogP contribution in [-0.2, 0) is 4.79 Å². The number of ether oxygens (including phenoxy) is 2. The zero-order valence-corrected chi connectivity index (χ0v) is 22.9. The number of ketones is 1. The highest BCUT2D eigenvalue weighted by molar-refractivity contribution is 6.13. The molecule has 1 aliphatic carbocycles. The maximum Gasteiger partial charge on any atom is 0.343 e. The lowest BCUT2D eigenvalue weighted by Gasteiger charge is -2.40. The topological polar surface area (TPSA) is 108 Å². The van der Waals surface area contributed by atoms with E-state index in [1.807, 2.05) is 18.2 Å². The van der Waals surface area contributed by atoms with E-state index in [4.69, 9.17) is 9.47 Å². The molecule has 1 unspecified atom stereocenters. The first kappa shape index (κ1) is 26.3. The number of anilines is 1. The highest BCUT2D eigenvalue weighted by atomic mass is 16.6. The fraction of sp³-hybridized carbons (Fsp3) is 0.212. The van der Waals surface area contributed by atoms with Crippen LogP contribution in [0.15, 0.2) is 84.4 Å². The van der Waals surface area contributed by atoms with Crippen LogP contribution in [0.25, 0.3) is 16.3 Å². The first-order valence-corrected chi connectivity index (χ1v) is 13.3. The van der Waals surface area contributed by atoms with Gasteiger partial charge >= 0.3 is 5.97 Å². The molecular formula is C33H28N2O6. The first-order valence-electron chi connectivity index (χ1n) is 13.3. The molecule has 0 spiro atoms. The molecular weight excluding hydrogens is 520 g/mol. The van der Waals surface area contributed by atoms with Gasteiger partial charge < -0.3 is 14.8 Å². The second-order valence-electron chi connectivity index (χ2n) is 11.2. The van der Waals surface area contributed by atoms with E-state index in [-0.39, 0.29) is 28.2 Å². The number of nitro groups is 1. The van der Waals surface area contributed by atoms with E-state index in [1.165, 1.54) is 31.4 Å². The number of hydrogen-bond acceptors (Lipinski definition) is 7. The van der Waals surface area contributed by atoms with E-state index in [0.29, 0.717) is 12.2 Å². The van der Waals surface area contributed by atoms with E-state index < -0.39 is 16.9 Å². The number of nitro benzene ring substituents is 1. The van der Waals surface area contributed by atoms with Gasteiger partial charge in [-0.25, -0.2) is 4.79 Å². The second-order valence-corrected chi connectivity index (χ2v) is 11.2. The van der Waals surface area contributed by atoms with Gasteiger partial charge in [-0.15, -0.1) is 0 Å². The maximum absolute atomic E-state index is 13.7. The number of Topliss-reactive ketones (excluding diaryl/α,β-unsaturated/α-hetero) is 1. The maximum atomic E-state index is 13.7. The molecule has 1 aliphatic heterocycles. The van der Waals surface area contributed by atoms with Crippen molar-refractivity contribution in [1.29, 1.82) is 0 Å². The van der Waals surface area contributed by atoms with Crippen LogP contribution in [0.4, 0.5) is 11.4 Å². The Morgan fingerprint density at radius 1 is 0.976 bits per heavy atom. The van der Waals surface area contributed by atoms with Gasteiger partial charge in [-0.3, -0.25) is 14.9 Å². The number of benzene rings is 4. The molecule has 0 saturated carbocycles. The number of fused-ring (bicyclic) bond motifs is 4. The van der Waals surface area contributed by atoms with Gasteiger partial charge in [0.2, 0.25) is 0 Å². The summed E-state index contributed by atoms with van der Waals surface area (Å²) in [6.45, 7) is 4.27. The second kappa shape index (κ2) is 9.89. The van der Waals surface area contributed by atoms with Crippen molar-refractivity contribution in [1.82, 2.24) is 0 Å². The number of non-ortho nitro benzene ring substituents is 1. The Morgan fingerprint density at radius 3 is 2.46 bits per heavy atom. The number of hydrogen-bond donors (Lipinski definition) is 1. The Labute approximate surface area is 236 Å². The van der Waals surface area contributed by atoms with Gasteiger partial charge in [0.1, 0.15) is 0 Å². The van der Waals surface area contributed by atoms with Gasteiger partial charge in [0.15, 0.2) is 17.3 Å². The van der Waals surface area contributed by atoms with Gasteiger partial charge in [0.25, 0.3) is 5.69 Å². The molecule has 1 heterocycles. The number of rotatable bonds is 5. The van der Waals surface area contributed by atoms with Crippen molar-refractivity contribution < 1.29 is 24.0 Å². The van der Waals surface area contributed by atoms with Crippen LogP contribution < -0.4 is 14.8 Å². The zero-order chi connectivity index (χ0) is 28.9. The molecule has 1 N–H and O–H groups in total. The summed E-state index contributed by atoms with van der Waals surface area (Å²) in [5.41, 5.74) is 4.55. The molecule has 6 rings (SSSR count). The Morgan fingerprint density at radius 2 is 1.73 bits per heavy atom. The van der Waals surface area contributed by atoms with Gasteiger partial charge in [0.05, 0.1) is 23.6 Å². The number of nitrogens with one attached hydrogen (secondary N) is 1. The molecule has 0 saturated heterocycles. The SMILES string of the molecule is COc1cc(C2Nc3ccc4ccccc4c3C3=C2C(=O)CC(C)(C)C3)ccc1OC(=O)c1ccc([N+](=O)[O-])cc1. The van der Waals surface area contributed by atoms with Crippen molar-refractivity contribution in [3.8, 4) is 11.5 Å². The van der Waals surface area contributed by atoms with Crippen LogP contribution in [0.2, 0.25) is 0 Å². The van der Waals surface area contributed by atoms with E-state index in [2.05, 4.69) is 43.4 Å². The molecule has 4 aromatic rings. The Balaban J connectivity index is 1.39. The lowest BCUT2D eigenvalue weighted by molar-refractivity contribution is -0.384. The fourth-order valence-electron chi connectivity index (χ4n) is 5.91. The van der Waals surface area contributed by atoms with Crippen LogP contribution >= 0.6 is 0 Å². The number of carbonyl (C=O) groups is 2. The van der Waals surface area contributed by atoms with Crippen LogP contribution in [0.1, 0.15) is 54.2 Å². The smallest absolute Gasteiger partial charge is 0.343 e. The molecule has 206 valence electrons. The summed E-state index contributed by atoms with van der Waals surface area (Å²) in [7, 11) is 1.48. The molecule has 0 amide bonds. The Kier molecular flexibility index (Phi) is 6.33. The fourth-order valence-corrected chi connectivity index (χ4v) is 5.91. The van der Waals surface area contributed by atoms with E-state index >= 15 is 0 Å². The third-order valence-electron chi connectivity index (χ3n) is 7.78. The third kappa shape index (κ3) is 4.71. The van der Waals surface area contributed by atoms with E-state index in [0.717, 1.165) is 45.2 Å². The minimum absolute atomic E-state index is 0.111. The van der Waals surface area contributed by atoms with E-state index in [9.17, 15) is 19.7 Å². The molecule has 1 atom stereocenters. The highest BCUT2D eigenvalue weighted by Gasteiger charge is 2.41. The molecule has 0 aromatic heterocycles. The molecule has 0 radical (unpaired) electrons. The predicted octanol–water partition coefficient (Wildman–Crippen LogP) is 7.29. The largest absolute Gasteiger partial charge is 0.493 e. The molecule has 41 heavy (non-hydrogen) atoms. The normalized spacial score (nSPS) is 17.3. The number of allylic oxidation sites excluding steroid dienone is 1. The monoisotopic (exact) mass is 548 g/mol. The average molecular weight is 549 g/mol. The molecule has 2 aliphatic rings. The quantitative estimate of drug-likeness (QED) is 0.121. The van der Waals surface area contributed by atoms with Gasteiger partial charge in [0, 0.05) is 35.4 Å². The van der Waals surface area contributed by atoms with Gasteiger partial charge in [-0.2, -0.15) is 0 Å². The van der Waals surface area contributed by atoms with Crippen molar-refractivity contribution in [2.24, 2.45) is 5.41 Å². The van der Waals surface area contributed by atoms with Crippen LogP contribution in [-0.4, -0.2) is 23.8 Å². The summed E-state index contributed by atoms with van der Waals surface area (Å²) in [5.74, 6) is -0.0288. The van der Waals surface area contributed by atoms with Gasteiger partial charge in [-0.1, -0.05) is 50.2 Å². The molecule has 0 bridgehead atoms. The first-order chi connectivity index (χ1) is 19.6. The summed E-state index contributed by atoms with van der Waals surface area (Å²) < 4.78 is 11.2. The molecule has 8 heteroatoms. The zero-order valence-electron chi connectivity index (χ0n) is 22.9. The van der Waals surface area contributed by atoms with Crippen molar-refractivity contribution in [2.75, 3.05) is 12.4 Å². The van der Waals surface area contributed by atoms with Crippen molar-refractivity contribution in [3.05, 3.63) is 111 Å². The molecule has 0 fully saturated rings. The summed E-state index contributed by atoms with van der Waals surface area (Å²) in [5, 5.41) is 16.8. The number of methoxy groups -OCH3 is 1. The standard InChI is InChI=1S/C33H28N2O6/c1-33(2)17-24-29-23-7-5-4-6-19(23)10-14-25(29)34-31(30(24)26(36)18-33)21-11-15-27(28(16-21)40-3)41-32(37)20-8-12-22(13-9-20)35(38)39/h4-16,31,34H,17-18H2,1-3H3. The molecule has 4 aromatic carbocycles. The molecule has 8 nitrogen and oxygen atoms in total. The number of nitrogens with zero attached hydrogens (tertiary/aromatic N) is 1. The van der Waals surface area contributed by atoms with Crippen LogP contribution in [0.5, 0.6) is 11.5 Å².